The molecule has 0 aromatic heterocycles. The molecule has 0 aliphatic rings. The third-order valence-electron chi connectivity index (χ3n) is 3.71. The summed E-state index contributed by atoms with van der Waals surface area (Å²) in [7, 11) is -3.67. The Morgan fingerprint density at radius 2 is 1.81 bits per heavy atom. The molecule has 2 aromatic rings. The van der Waals surface area contributed by atoms with Crippen molar-refractivity contribution in [1.82, 2.24) is 5.32 Å². The molecule has 8 heteroatoms. The Kier molecular flexibility index (Phi) is 6.99. The summed E-state index contributed by atoms with van der Waals surface area (Å²) in [5.74, 6) is -0.912. The van der Waals surface area contributed by atoms with Crippen LogP contribution in [0.5, 0.6) is 0 Å². The highest BCUT2D eigenvalue weighted by molar-refractivity contribution is 7.92. The van der Waals surface area contributed by atoms with Crippen molar-refractivity contribution in [1.29, 1.82) is 0 Å². The highest BCUT2D eigenvalue weighted by atomic mass is 35.5. The van der Waals surface area contributed by atoms with Gasteiger partial charge in [0.25, 0.3) is 0 Å². The van der Waals surface area contributed by atoms with Crippen LogP contribution in [0.25, 0.3) is 0 Å². The number of anilines is 1. The first-order valence-corrected chi connectivity index (χ1v) is 10.2. The van der Waals surface area contributed by atoms with Crippen molar-refractivity contribution in [2.24, 2.45) is 0 Å². The van der Waals surface area contributed by atoms with Gasteiger partial charge in [0, 0.05) is 11.6 Å². The summed E-state index contributed by atoms with van der Waals surface area (Å²) in [5.41, 5.74) is 1.23. The first kappa shape index (κ1) is 20.2. The second kappa shape index (κ2) is 9.00. The quantitative estimate of drug-likeness (QED) is 0.695. The van der Waals surface area contributed by atoms with Crippen molar-refractivity contribution in [3.8, 4) is 0 Å². The summed E-state index contributed by atoms with van der Waals surface area (Å²) < 4.78 is 37.9. The Morgan fingerprint density at radius 1 is 1.15 bits per heavy atom. The van der Waals surface area contributed by atoms with Crippen molar-refractivity contribution < 1.29 is 17.6 Å². The van der Waals surface area contributed by atoms with Crippen LogP contribution in [0.1, 0.15) is 12.0 Å². The Bertz CT molecular complexity index is 857. The number of rotatable bonds is 8. The standard InChI is InChI=1S/C18H20ClFN2O3S/c1-26(24,25)22(16-10-8-15(20)9-11-16)13-18(23)21-12-4-6-14-5-2-3-7-17(14)19/h2-3,5,7-11H,4,6,12-13H2,1H3,(H,21,23). The van der Waals surface area contributed by atoms with Crippen LogP contribution in [0.2, 0.25) is 5.02 Å². The second-order valence-electron chi connectivity index (χ2n) is 5.79. The van der Waals surface area contributed by atoms with E-state index in [1.165, 1.54) is 12.1 Å². The maximum Gasteiger partial charge on any atom is 0.240 e. The van der Waals surface area contributed by atoms with Gasteiger partial charge in [-0.2, -0.15) is 0 Å². The van der Waals surface area contributed by atoms with E-state index in [0.29, 0.717) is 24.4 Å². The average molecular weight is 399 g/mol. The topological polar surface area (TPSA) is 66.5 Å². The summed E-state index contributed by atoms with van der Waals surface area (Å²) in [4.78, 5) is 12.1. The van der Waals surface area contributed by atoms with Gasteiger partial charge >= 0.3 is 0 Å². The molecule has 0 aliphatic heterocycles. The molecule has 1 amide bonds. The molecule has 2 aromatic carbocycles. The van der Waals surface area contributed by atoms with Crippen LogP contribution in [-0.2, 0) is 21.2 Å². The van der Waals surface area contributed by atoms with Crippen LogP contribution >= 0.6 is 11.6 Å². The minimum atomic E-state index is -3.67. The van der Waals surface area contributed by atoms with Crippen LogP contribution in [0.4, 0.5) is 10.1 Å². The molecule has 0 spiro atoms. The molecule has 5 nitrogen and oxygen atoms in total. The largest absolute Gasteiger partial charge is 0.355 e. The number of amides is 1. The predicted molar refractivity (Wildman–Crippen MR) is 101 cm³/mol. The maximum absolute atomic E-state index is 13.0. The molecule has 1 N–H and O–H groups in total. The van der Waals surface area contributed by atoms with Gasteiger partial charge in [0.1, 0.15) is 12.4 Å². The molecular formula is C18H20ClFN2O3S. The van der Waals surface area contributed by atoms with Crippen molar-refractivity contribution >= 4 is 33.2 Å². The lowest BCUT2D eigenvalue weighted by Gasteiger charge is -2.21. The summed E-state index contributed by atoms with van der Waals surface area (Å²) in [6, 6.07) is 12.4. The Labute approximate surface area is 157 Å². The molecule has 0 fully saturated rings. The van der Waals surface area contributed by atoms with E-state index >= 15 is 0 Å². The Hall–Kier alpha value is -2.12. The van der Waals surface area contributed by atoms with Gasteiger partial charge in [-0.3, -0.25) is 9.10 Å². The predicted octanol–water partition coefficient (Wildman–Crippen LogP) is 2.99. The normalized spacial score (nSPS) is 11.2. The third kappa shape index (κ3) is 6.00. The lowest BCUT2D eigenvalue weighted by Crippen LogP contribution is -2.40. The minimum absolute atomic E-state index is 0.236. The van der Waals surface area contributed by atoms with Crippen LogP contribution in [0.15, 0.2) is 48.5 Å². The van der Waals surface area contributed by atoms with Gasteiger partial charge in [0.05, 0.1) is 11.9 Å². The lowest BCUT2D eigenvalue weighted by atomic mass is 10.1. The summed E-state index contributed by atoms with van der Waals surface area (Å²) in [6.45, 7) is 0.0294. The minimum Gasteiger partial charge on any atom is -0.355 e. The van der Waals surface area contributed by atoms with Crippen molar-refractivity contribution in [2.75, 3.05) is 23.7 Å². The second-order valence-corrected chi connectivity index (χ2v) is 8.10. The third-order valence-corrected chi connectivity index (χ3v) is 5.21. The molecule has 0 saturated carbocycles. The summed E-state index contributed by atoms with van der Waals surface area (Å²) in [5, 5.41) is 3.37. The van der Waals surface area contributed by atoms with E-state index in [1.54, 1.807) is 0 Å². The van der Waals surface area contributed by atoms with Crippen molar-refractivity contribution in [3.63, 3.8) is 0 Å². The number of nitrogens with one attached hydrogen (secondary N) is 1. The zero-order valence-corrected chi connectivity index (χ0v) is 15.9. The number of halogens is 2. The van der Waals surface area contributed by atoms with Gasteiger partial charge in [0.15, 0.2) is 0 Å². The molecule has 140 valence electrons. The van der Waals surface area contributed by atoms with Gasteiger partial charge < -0.3 is 5.32 Å². The van der Waals surface area contributed by atoms with E-state index in [4.69, 9.17) is 11.6 Å². The van der Waals surface area contributed by atoms with Gasteiger partial charge in [-0.05, 0) is 48.7 Å². The van der Waals surface area contributed by atoms with Gasteiger partial charge in [-0.25, -0.2) is 12.8 Å². The fourth-order valence-corrected chi connectivity index (χ4v) is 3.49. The summed E-state index contributed by atoms with van der Waals surface area (Å²) >= 11 is 6.08. The van der Waals surface area contributed by atoms with Gasteiger partial charge in [-0.15, -0.1) is 0 Å². The van der Waals surface area contributed by atoms with Crippen LogP contribution in [0.3, 0.4) is 0 Å². The highest BCUT2D eigenvalue weighted by Crippen LogP contribution is 2.18. The molecule has 0 radical (unpaired) electrons. The van der Waals surface area contributed by atoms with Crippen LogP contribution in [0, 0.1) is 5.82 Å². The van der Waals surface area contributed by atoms with E-state index in [2.05, 4.69) is 5.32 Å². The number of carbonyl (C=O) groups is 1. The molecule has 0 saturated heterocycles. The molecular weight excluding hydrogens is 379 g/mol. The fraction of sp³-hybridized carbons (Fsp3) is 0.278. The van der Waals surface area contributed by atoms with Crippen LogP contribution < -0.4 is 9.62 Å². The van der Waals surface area contributed by atoms with Gasteiger partial charge in [-0.1, -0.05) is 29.8 Å². The maximum atomic E-state index is 13.0. The molecule has 0 heterocycles. The number of hydrogen-bond donors (Lipinski definition) is 1. The van der Waals surface area contributed by atoms with E-state index in [0.717, 1.165) is 28.3 Å². The highest BCUT2D eigenvalue weighted by Gasteiger charge is 2.20. The Morgan fingerprint density at radius 3 is 2.42 bits per heavy atom. The molecule has 0 unspecified atom stereocenters. The zero-order chi connectivity index (χ0) is 19.2. The molecule has 0 aliphatic carbocycles. The van der Waals surface area contributed by atoms with Crippen molar-refractivity contribution in [3.05, 3.63) is 64.9 Å². The number of carbonyl (C=O) groups excluding carboxylic acids is 1. The monoisotopic (exact) mass is 398 g/mol. The number of benzene rings is 2. The van der Waals surface area contributed by atoms with Crippen LogP contribution in [-0.4, -0.2) is 33.7 Å². The van der Waals surface area contributed by atoms with E-state index in [-0.39, 0.29) is 12.2 Å². The average Bonchev–Trinajstić information content (AvgIpc) is 2.58. The SMILES string of the molecule is CS(=O)(=O)N(CC(=O)NCCCc1ccccc1Cl)c1ccc(F)cc1. The van der Waals surface area contributed by atoms with E-state index in [1.807, 2.05) is 24.3 Å². The number of aryl methyl sites for hydroxylation is 1. The number of nitrogens with zero attached hydrogens (tertiary/aromatic N) is 1. The molecule has 26 heavy (non-hydrogen) atoms. The van der Waals surface area contributed by atoms with Crippen molar-refractivity contribution in [2.45, 2.75) is 12.8 Å². The smallest absolute Gasteiger partial charge is 0.240 e. The van der Waals surface area contributed by atoms with E-state index < -0.39 is 21.7 Å². The molecule has 0 atom stereocenters. The van der Waals surface area contributed by atoms with Gasteiger partial charge in [0.2, 0.25) is 15.9 Å². The molecule has 2 rings (SSSR count). The fourth-order valence-electron chi connectivity index (χ4n) is 2.40. The number of sulfonamides is 1. The zero-order valence-electron chi connectivity index (χ0n) is 14.3. The lowest BCUT2D eigenvalue weighted by molar-refractivity contribution is -0.119. The molecule has 0 bridgehead atoms. The first-order chi connectivity index (χ1) is 12.3. The summed E-state index contributed by atoms with van der Waals surface area (Å²) in [6.07, 6.45) is 2.37. The Balaban J connectivity index is 1.89. The number of hydrogen-bond acceptors (Lipinski definition) is 3. The van der Waals surface area contributed by atoms with E-state index in [9.17, 15) is 17.6 Å². The first-order valence-electron chi connectivity index (χ1n) is 8.01.